The topological polar surface area (TPSA) is 74.8 Å². The number of carbonyl (C=O) groups is 2. The van der Waals surface area contributed by atoms with E-state index in [1.807, 2.05) is 0 Å². The fourth-order valence-electron chi connectivity index (χ4n) is 2.46. The van der Waals surface area contributed by atoms with Crippen LogP contribution in [0.25, 0.3) is 0 Å². The minimum atomic E-state index is -3.59. The van der Waals surface area contributed by atoms with E-state index >= 15 is 0 Å². The predicted molar refractivity (Wildman–Crippen MR) is 82.1 cm³/mol. The molecule has 7 heteroatoms. The molecule has 1 heterocycles. The average Bonchev–Trinajstić information content (AvgIpc) is 2.73. The summed E-state index contributed by atoms with van der Waals surface area (Å²) in [6.45, 7) is 4.58. The largest absolute Gasteiger partial charge is 0.342 e. The van der Waals surface area contributed by atoms with Gasteiger partial charge in [-0.25, -0.2) is 8.42 Å². The molecule has 120 valence electrons. The highest BCUT2D eigenvalue weighted by Crippen LogP contribution is 2.18. The summed E-state index contributed by atoms with van der Waals surface area (Å²) in [6, 6.07) is 5.96. The van der Waals surface area contributed by atoms with Crippen LogP contribution in [0.4, 0.5) is 0 Å². The summed E-state index contributed by atoms with van der Waals surface area (Å²) in [7, 11) is -3.59. The number of hydrogen-bond donors (Lipinski definition) is 0. The zero-order valence-electron chi connectivity index (χ0n) is 12.8. The minimum Gasteiger partial charge on any atom is -0.342 e. The number of sulfonamides is 1. The molecule has 1 fully saturated rings. The molecule has 2 rings (SSSR count). The average molecular weight is 324 g/mol. The van der Waals surface area contributed by atoms with Crippen molar-refractivity contribution in [3.05, 3.63) is 29.8 Å². The van der Waals surface area contributed by atoms with Crippen LogP contribution in [0.2, 0.25) is 0 Å². The number of amides is 1. The lowest BCUT2D eigenvalue weighted by Gasteiger charge is -2.21. The third kappa shape index (κ3) is 3.53. The quantitative estimate of drug-likeness (QED) is 0.781. The molecule has 1 aromatic carbocycles. The van der Waals surface area contributed by atoms with Crippen LogP contribution in [0.1, 0.15) is 30.6 Å². The van der Waals surface area contributed by atoms with Crippen molar-refractivity contribution in [1.82, 2.24) is 9.21 Å². The lowest BCUT2D eigenvalue weighted by molar-refractivity contribution is -0.128. The van der Waals surface area contributed by atoms with E-state index in [1.54, 1.807) is 4.90 Å². The molecule has 0 radical (unpaired) electrons. The van der Waals surface area contributed by atoms with E-state index in [4.69, 9.17) is 0 Å². The predicted octanol–water partition coefficient (Wildman–Crippen LogP) is 1.13. The normalized spacial score (nSPS) is 17.1. The van der Waals surface area contributed by atoms with Gasteiger partial charge in [0.2, 0.25) is 15.9 Å². The van der Waals surface area contributed by atoms with Gasteiger partial charge < -0.3 is 4.90 Å². The molecule has 1 aliphatic heterocycles. The van der Waals surface area contributed by atoms with Crippen molar-refractivity contribution in [3.63, 3.8) is 0 Å². The Morgan fingerprint density at radius 2 is 1.59 bits per heavy atom. The molecule has 0 atom stereocenters. The van der Waals surface area contributed by atoms with Gasteiger partial charge in [-0.2, -0.15) is 4.31 Å². The fourth-order valence-corrected chi connectivity index (χ4v) is 3.93. The highest BCUT2D eigenvalue weighted by atomic mass is 32.2. The van der Waals surface area contributed by atoms with Crippen LogP contribution >= 0.6 is 0 Å². The zero-order chi connectivity index (χ0) is 16.3. The molecular weight excluding hydrogens is 304 g/mol. The first-order valence-corrected chi connectivity index (χ1v) is 8.63. The third-order valence-electron chi connectivity index (χ3n) is 3.80. The maximum Gasteiger partial charge on any atom is 0.243 e. The van der Waals surface area contributed by atoms with Gasteiger partial charge in [-0.05, 0) is 25.5 Å². The van der Waals surface area contributed by atoms with E-state index in [9.17, 15) is 18.0 Å². The lowest BCUT2D eigenvalue weighted by atomic mass is 10.2. The summed E-state index contributed by atoms with van der Waals surface area (Å²) in [4.78, 5) is 24.5. The van der Waals surface area contributed by atoms with Crippen LogP contribution in [0.5, 0.6) is 0 Å². The second-order valence-corrected chi connectivity index (χ2v) is 7.28. The lowest BCUT2D eigenvalue weighted by Crippen LogP contribution is -2.36. The van der Waals surface area contributed by atoms with Gasteiger partial charge in [0.15, 0.2) is 5.78 Å². The summed E-state index contributed by atoms with van der Waals surface area (Å²) < 4.78 is 26.7. The molecule has 1 saturated heterocycles. The van der Waals surface area contributed by atoms with E-state index < -0.39 is 10.0 Å². The number of nitrogens with zero attached hydrogens (tertiary/aromatic N) is 2. The minimum absolute atomic E-state index is 0.0370. The summed E-state index contributed by atoms with van der Waals surface area (Å²) in [5, 5.41) is 0. The molecule has 0 bridgehead atoms. The number of ketones is 1. The van der Waals surface area contributed by atoms with Crippen LogP contribution in [-0.4, -0.2) is 55.5 Å². The summed E-state index contributed by atoms with van der Waals surface area (Å²) in [5.74, 6) is -0.138. The van der Waals surface area contributed by atoms with Crippen LogP contribution < -0.4 is 0 Å². The van der Waals surface area contributed by atoms with Crippen molar-refractivity contribution in [3.8, 4) is 0 Å². The van der Waals surface area contributed by atoms with Crippen molar-refractivity contribution in [2.75, 3.05) is 26.2 Å². The molecule has 0 N–H and O–H groups in total. The van der Waals surface area contributed by atoms with Crippen LogP contribution in [0.15, 0.2) is 29.2 Å². The maximum absolute atomic E-state index is 12.6. The fraction of sp³-hybridized carbons (Fsp3) is 0.467. The van der Waals surface area contributed by atoms with E-state index in [2.05, 4.69) is 0 Å². The molecule has 0 saturated carbocycles. The Morgan fingerprint density at radius 3 is 2.14 bits per heavy atom. The van der Waals surface area contributed by atoms with E-state index in [-0.39, 0.29) is 23.1 Å². The van der Waals surface area contributed by atoms with Gasteiger partial charge in [-0.15, -0.1) is 0 Å². The first-order chi connectivity index (χ1) is 10.3. The highest BCUT2D eigenvalue weighted by Gasteiger charge is 2.27. The molecule has 0 aliphatic carbocycles. The van der Waals surface area contributed by atoms with Gasteiger partial charge in [0.1, 0.15) is 0 Å². The van der Waals surface area contributed by atoms with Gasteiger partial charge in [-0.3, -0.25) is 9.59 Å². The standard InChI is InChI=1S/C15H20N2O4S/c1-12(18)14-4-6-15(7-5-14)22(20,21)17-9-3-8-16(10-11-17)13(2)19/h4-7H,3,8-11H2,1-2H3. The SMILES string of the molecule is CC(=O)c1ccc(S(=O)(=O)N2CCCN(C(C)=O)CC2)cc1. The van der Waals surface area contributed by atoms with Gasteiger partial charge in [0.25, 0.3) is 0 Å². The number of carbonyl (C=O) groups excluding carboxylic acids is 2. The molecule has 0 spiro atoms. The summed E-state index contributed by atoms with van der Waals surface area (Å²) in [6.07, 6.45) is 0.615. The molecule has 22 heavy (non-hydrogen) atoms. The van der Waals surface area contributed by atoms with E-state index in [1.165, 1.54) is 42.4 Å². The van der Waals surface area contributed by atoms with Crippen molar-refractivity contribution in [2.45, 2.75) is 25.2 Å². The van der Waals surface area contributed by atoms with Crippen molar-refractivity contribution in [1.29, 1.82) is 0 Å². The Morgan fingerprint density at radius 1 is 0.955 bits per heavy atom. The van der Waals surface area contributed by atoms with Crippen molar-refractivity contribution < 1.29 is 18.0 Å². The Bertz CT molecular complexity index is 667. The third-order valence-corrected chi connectivity index (χ3v) is 5.71. The first-order valence-electron chi connectivity index (χ1n) is 7.19. The summed E-state index contributed by atoms with van der Waals surface area (Å²) in [5.41, 5.74) is 0.484. The van der Waals surface area contributed by atoms with Crippen molar-refractivity contribution >= 4 is 21.7 Å². The smallest absolute Gasteiger partial charge is 0.243 e. The second-order valence-electron chi connectivity index (χ2n) is 5.34. The molecule has 1 aliphatic rings. The second kappa shape index (κ2) is 6.58. The Kier molecular flexibility index (Phi) is 4.97. The van der Waals surface area contributed by atoms with Gasteiger partial charge in [0, 0.05) is 38.7 Å². The van der Waals surface area contributed by atoms with Gasteiger partial charge in [-0.1, -0.05) is 12.1 Å². The van der Waals surface area contributed by atoms with Gasteiger partial charge in [0.05, 0.1) is 4.90 Å². The monoisotopic (exact) mass is 324 g/mol. The Labute approximate surface area is 130 Å². The Balaban J connectivity index is 2.19. The van der Waals surface area contributed by atoms with E-state index in [0.29, 0.717) is 31.6 Å². The summed E-state index contributed by atoms with van der Waals surface area (Å²) >= 11 is 0. The molecule has 1 amide bonds. The molecule has 6 nitrogen and oxygen atoms in total. The first kappa shape index (κ1) is 16.6. The number of rotatable bonds is 3. The molecule has 0 aromatic heterocycles. The zero-order valence-corrected chi connectivity index (χ0v) is 13.6. The Hall–Kier alpha value is -1.73. The number of hydrogen-bond acceptors (Lipinski definition) is 4. The van der Waals surface area contributed by atoms with Crippen LogP contribution in [0.3, 0.4) is 0 Å². The van der Waals surface area contributed by atoms with E-state index in [0.717, 1.165) is 0 Å². The number of benzene rings is 1. The molecular formula is C15H20N2O4S. The number of Topliss-reactive ketones (excluding diaryl/α,β-unsaturated/α-hetero) is 1. The molecule has 0 unspecified atom stereocenters. The van der Waals surface area contributed by atoms with Crippen molar-refractivity contribution in [2.24, 2.45) is 0 Å². The highest BCUT2D eigenvalue weighted by molar-refractivity contribution is 7.89. The van der Waals surface area contributed by atoms with Crippen LogP contribution in [0, 0.1) is 0 Å². The van der Waals surface area contributed by atoms with Crippen LogP contribution in [-0.2, 0) is 14.8 Å². The molecule has 1 aromatic rings. The van der Waals surface area contributed by atoms with Gasteiger partial charge >= 0.3 is 0 Å². The maximum atomic E-state index is 12.6.